The lowest BCUT2D eigenvalue weighted by atomic mass is 9.91. The number of alkyl carbamates (subject to hydrolysis) is 1. The molecule has 0 aliphatic rings. The van der Waals surface area contributed by atoms with Gasteiger partial charge in [-0.1, -0.05) is 17.7 Å². The van der Waals surface area contributed by atoms with Gasteiger partial charge in [0.25, 0.3) is 0 Å². The monoisotopic (exact) mass is 363 g/mol. The molecule has 0 unspecified atom stereocenters. The van der Waals surface area contributed by atoms with Crippen molar-refractivity contribution in [3.8, 4) is 0 Å². The summed E-state index contributed by atoms with van der Waals surface area (Å²) in [6.07, 6.45) is -0.686. The van der Waals surface area contributed by atoms with Crippen molar-refractivity contribution in [2.75, 3.05) is 13.7 Å². The predicted molar refractivity (Wildman–Crippen MR) is 99.3 cm³/mol. The summed E-state index contributed by atoms with van der Waals surface area (Å²) in [6, 6.07) is 3.87. The van der Waals surface area contributed by atoms with Gasteiger partial charge >= 0.3 is 12.1 Å². The third-order valence-electron chi connectivity index (χ3n) is 3.81. The fraction of sp³-hybridized carbons (Fsp3) is 0.550. The summed E-state index contributed by atoms with van der Waals surface area (Å²) in [6.45, 7) is 10.9. The van der Waals surface area contributed by atoms with Crippen LogP contribution in [-0.4, -0.2) is 37.1 Å². The number of amides is 1. The average molecular weight is 363 g/mol. The van der Waals surface area contributed by atoms with Crippen LogP contribution in [0.4, 0.5) is 4.79 Å². The predicted octanol–water partition coefficient (Wildman–Crippen LogP) is 3.50. The summed E-state index contributed by atoms with van der Waals surface area (Å²) in [5, 5.41) is 2.54. The van der Waals surface area contributed by atoms with E-state index in [0.29, 0.717) is 5.56 Å². The molecule has 0 aliphatic heterocycles. The highest BCUT2D eigenvalue weighted by Crippen LogP contribution is 2.20. The van der Waals surface area contributed by atoms with Crippen LogP contribution in [0.2, 0.25) is 0 Å². The number of ketones is 1. The van der Waals surface area contributed by atoms with Gasteiger partial charge in [0, 0.05) is 18.5 Å². The normalized spacial score (nSPS) is 12.3. The number of carbonyl (C=O) groups excluding carboxylic acids is 3. The lowest BCUT2D eigenvalue weighted by Gasteiger charge is -2.21. The average Bonchev–Trinajstić information content (AvgIpc) is 2.47. The number of esters is 1. The van der Waals surface area contributed by atoms with E-state index >= 15 is 0 Å². The third kappa shape index (κ3) is 6.50. The van der Waals surface area contributed by atoms with Gasteiger partial charge in [-0.15, -0.1) is 0 Å². The molecule has 0 radical (unpaired) electrons. The number of nitrogens with one attached hydrogen (secondary N) is 1. The first-order valence-corrected chi connectivity index (χ1v) is 8.60. The maximum absolute atomic E-state index is 12.8. The van der Waals surface area contributed by atoms with E-state index in [4.69, 9.17) is 9.47 Å². The minimum absolute atomic E-state index is 0.0305. The first-order chi connectivity index (χ1) is 11.9. The summed E-state index contributed by atoms with van der Waals surface area (Å²) in [7, 11) is 1.26. The molecule has 1 N–H and O–H groups in total. The van der Waals surface area contributed by atoms with E-state index in [0.717, 1.165) is 16.7 Å². The van der Waals surface area contributed by atoms with E-state index in [1.54, 1.807) is 20.8 Å². The second kappa shape index (κ2) is 8.83. The van der Waals surface area contributed by atoms with Crippen LogP contribution in [0.3, 0.4) is 0 Å². The van der Waals surface area contributed by atoms with Crippen LogP contribution in [0.1, 0.15) is 54.2 Å². The molecule has 1 rings (SSSR count). The Kier molecular flexibility index (Phi) is 7.36. The van der Waals surface area contributed by atoms with Gasteiger partial charge < -0.3 is 14.8 Å². The van der Waals surface area contributed by atoms with Crippen LogP contribution in [0.25, 0.3) is 0 Å². The van der Waals surface area contributed by atoms with E-state index in [1.165, 1.54) is 7.11 Å². The molecule has 0 fully saturated rings. The van der Waals surface area contributed by atoms with Crippen LogP contribution >= 0.6 is 0 Å². The van der Waals surface area contributed by atoms with E-state index < -0.39 is 23.6 Å². The fourth-order valence-corrected chi connectivity index (χ4v) is 2.87. The first-order valence-electron chi connectivity index (χ1n) is 8.60. The van der Waals surface area contributed by atoms with Gasteiger partial charge in [0.15, 0.2) is 5.78 Å². The molecule has 1 aromatic carbocycles. The molecule has 1 atom stereocenters. The van der Waals surface area contributed by atoms with Gasteiger partial charge in [-0.2, -0.15) is 0 Å². The number of Topliss-reactive ketones (excluding diaryl/α,β-unsaturated/α-hetero) is 1. The molecule has 0 saturated carbocycles. The molecular weight excluding hydrogens is 334 g/mol. The van der Waals surface area contributed by atoms with Gasteiger partial charge in [0.1, 0.15) is 5.60 Å². The van der Waals surface area contributed by atoms with Crippen molar-refractivity contribution in [1.29, 1.82) is 0 Å². The number of hydrogen-bond donors (Lipinski definition) is 1. The molecule has 144 valence electrons. The second-order valence-electron chi connectivity index (χ2n) is 7.50. The molecule has 6 heteroatoms. The maximum Gasteiger partial charge on any atom is 0.407 e. The molecule has 0 bridgehead atoms. The number of methoxy groups -OCH3 is 1. The Bertz CT molecular complexity index is 665. The number of carbonyl (C=O) groups is 3. The molecule has 0 heterocycles. The zero-order chi connectivity index (χ0) is 20.1. The van der Waals surface area contributed by atoms with Gasteiger partial charge in [0.05, 0.1) is 13.0 Å². The summed E-state index contributed by atoms with van der Waals surface area (Å²) >= 11 is 0. The third-order valence-corrected chi connectivity index (χ3v) is 3.81. The number of benzene rings is 1. The highest BCUT2D eigenvalue weighted by molar-refractivity contribution is 6.00. The van der Waals surface area contributed by atoms with E-state index in [2.05, 4.69) is 5.32 Å². The molecule has 0 saturated heterocycles. The Morgan fingerprint density at radius 2 is 1.62 bits per heavy atom. The molecular formula is C20H29NO5. The van der Waals surface area contributed by atoms with Crippen molar-refractivity contribution >= 4 is 17.8 Å². The van der Waals surface area contributed by atoms with Gasteiger partial charge in [-0.3, -0.25) is 9.59 Å². The Morgan fingerprint density at radius 3 is 2.08 bits per heavy atom. The standard InChI is InChI=1S/C20H29NO5/c1-12-8-13(2)17(14(3)9-12)16(22)10-15(18(23)25-7)11-21-19(24)26-20(4,5)6/h8-9,15H,10-11H2,1-7H3,(H,21,24)/t15-/m0/s1. The Hall–Kier alpha value is -2.37. The number of rotatable bonds is 6. The maximum atomic E-state index is 12.8. The Morgan fingerprint density at radius 1 is 1.08 bits per heavy atom. The van der Waals surface area contributed by atoms with Crippen LogP contribution < -0.4 is 5.32 Å². The van der Waals surface area contributed by atoms with Crippen LogP contribution in [-0.2, 0) is 14.3 Å². The van der Waals surface area contributed by atoms with Crippen molar-refractivity contribution < 1.29 is 23.9 Å². The lowest BCUT2D eigenvalue weighted by Crippen LogP contribution is -2.38. The first kappa shape index (κ1) is 21.7. The van der Waals surface area contributed by atoms with Gasteiger partial charge in [-0.25, -0.2) is 4.79 Å². The number of aryl methyl sites for hydroxylation is 3. The number of hydrogen-bond acceptors (Lipinski definition) is 5. The van der Waals surface area contributed by atoms with Crippen molar-refractivity contribution in [1.82, 2.24) is 5.32 Å². The SMILES string of the molecule is COC(=O)[C@H](CNC(=O)OC(C)(C)C)CC(=O)c1c(C)cc(C)cc1C. The van der Waals surface area contributed by atoms with E-state index in [1.807, 2.05) is 32.9 Å². The van der Waals surface area contributed by atoms with Crippen molar-refractivity contribution in [3.05, 3.63) is 34.4 Å². The smallest absolute Gasteiger partial charge is 0.407 e. The Labute approximate surface area is 155 Å². The number of ether oxygens (including phenoxy) is 2. The second-order valence-corrected chi connectivity index (χ2v) is 7.50. The summed E-state index contributed by atoms with van der Waals surface area (Å²) in [4.78, 5) is 36.6. The zero-order valence-electron chi connectivity index (χ0n) is 16.7. The topological polar surface area (TPSA) is 81.7 Å². The minimum atomic E-state index is -0.778. The van der Waals surface area contributed by atoms with Crippen molar-refractivity contribution in [3.63, 3.8) is 0 Å². The lowest BCUT2D eigenvalue weighted by molar-refractivity contribution is -0.145. The van der Waals surface area contributed by atoms with Crippen LogP contribution in [0.15, 0.2) is 12.1 Å². The van der Waals surface area contributed by atoms with Gasteiger partial charge in [-0.05, 0) is 52.7 Å². The summed E-state index contributed by atoms with van der Waals surface area (Å²) < 4.78 is 9.93. The van der Waals surface area contributed by atoms with Gasteiger partial charge in [0.2, 0.25) is 0 Å². The molecule has 26 heavy (non-hydrogen) atoms. The molecule has 6 nitrogen and oxygen atoms in total. The molecule has 1 aromatic rings. The highest BCUT2D eigenvalue weighted by atomic mass is 16.6. The summed E-state index contributed by atoms with van der Waals surface area (Å²) in [5.41, 5.74) is 2.79. The van der Waals surface area contributed by atoms with Crippen molar-refractivity contribution in [2.45, 2.75) is 53.6 Å². The fourth-order valence-electron chi connectivity index (χ4n) is 2.87. The molecule has 0 aliphatic carbocycles. The van der Waals surface area contributed by atoms with Crippen LogP contribution in [0.5, 0.6) is 0 Å². The summed E-state index contributed by atoms with van der Waals surface area (Å²) in [5.74, 6) is -1.47. The highest BCUT2D eigenvalue weighted by Gasteiger charge is 2.26. The molecule has 0 spiro atoms. The minimum Gasteiger partial charge on any atom is -0.469 e. The largest absolute Gasteiger partial charge is 0.469 e. The van der Waals surface area contributed by atoms with Crippen molar-refractivity contribution in [2.24, 2.45) is 5.92 Å². The Balaban J connectivity index is 2.87. The molecule has 1 amide bonds. The quantitative estimate of drug-likeness (QED) is 0.618. The van der Waals surface area contributed by atoms with E-state index in [9.17, 15) is 14.4 Å². The molecule has 0 aromatic heterocycles. The zero-order valence-corrected chi connectivity index (χ0v) is 16.7. The van der Waals surface area contributed by atoms with E-state index in [-0.39, 0.29) is 18.7 Å². The van der Waals surface area contributed by atoms with Crippen LogP contribution in [0, 0.1) is 26.7 Å².